The molecule has 25 heavy (non-hydrogen) atoms. The molecule has 4 rings (SSSR count). The summed E-state index contributed by atoms with van der Waals surface area (Å²) in [7, 11) is 0. The van der Waals surface area contributed by atoms with Crippen LogP contribution < -0.4 is 20.5 Å². The first kappa shape index (κ1) is 16.7. The minimum atomic E-state index is -0.269. The molecule has 0 bridgehead atoms. The van der Waals surface area contributed by atoms with Crippen LogP contribution in [0.2, 0.25) is 0 Å². The number of nitrogens with two attached hydrogens (primary N) is 1. The highest BCUT2D eigenvalue weighted by atomic mass is 16.6. The van der Waals surface area contributed by atoms with E-state index in [4.69, 9.17) is 15.2 Å². The van der Waals surface area contributed by atoms with Gasteiger partial charge in [-0.1, -0.05) is 25.3 Å². The quantitative estimate of drug-likeness (QED) is 0.884. The van der Waals surface area contributed by atoms with Crippen molar-refractivity contribution in [1.29, 1.82) is 0 Å². The summed E-state index contributed by atoms with van der Waals surface area (Å²) >= 11 is 0. The van der Waals surface area contributed by atoms with Crippen molar-refractivity contribution in [1.82, 2.24) is 5.32 Å². The van der Waals surface area contributed by atoms with E-state index in [9.17, 15) is 4.79 Å². The Labute approximate surface area is 149 Å². The highest BCUT2D eigenvalue weighted by Gasteiger charge is 2.39. The van der Waals surface area contributed by atoms with Crippen LogP contribution in [0.1, 0.15) is 56.9 Å². The summed E-state index contributed by atoms with van der Waals surface area (Å²) < 4.78 is 11.4. The van der Waals surface area contributed by atoms with Gasteiger partial charge in [-0.15, -0.1) is 0 Å². The van der Waals surface area contributed by atoms with Crippen LogP contribution in [0.5, 0.6) is 11.5 Å². The van der Waals surface area contributed by atoms with Crippen molar-refractivity contribution in [2.75, 3.05) is 13.2 Å². The highest BCUT2D eigenvalue weighted by molar-refractivity contribution is 5.80. The predicted molar refractivity (Wildman–Crippen MR) is 95.7 cm³/mol. The van der Waals surface area contributed by atoms with Crippen LogP contribution >= 0.6 is 0 Å². The molecule has 0 saturated heterocycles. The molecule has 1 aromatic rings. The van der Waals surface area contributed by atoms with Gasteiger partial charge in [0.1, 0.15) is 13.2 Å². The molecule has 0 radical (unpaired) electrons. The van der Waals surface area contributed by atoms with E-state index in [1.807, 2.05) is 6.07 Å². The zero-order chi connectivity index (χ0) is 17.3. The van der Waals surface area contributed by atoms with Crippen molar-refractivity contribution >= 4 is 5.91 Å². The molecule has 1 amide bonds. The largest absolute Gasteiger partial charge is 0.486 e. The molecule has 2 atom stereocenters. The van der Waals surface area contributed by atoms with E-state index < -0.39 is 0 Å². The summed E-state index contributed by atoms with van der Waals surface area (Å²) in [5, 5.41) is 3.41. The minimum Gasteiger partial charge on any atom is -0.486 e. The zero-order valence-electron chi connectivity index (χ0n) is 14.8. The number of amides is 1. The van der Waals surface area contributed by atoms with E-state index in [1.165, 1.54) is 0 Å². The lowest BCUT2D eigenvalue weighted by molar-refractivity contribution is -0.128. The van der Waals surface area contributed by atoms with Crippen LogP contribution in [-0.4, -0.2) is 25.2 Å². The van der Waals surface area contributed by atoms with Gasteiger partial charge in [-0.3, -0.25) is 4.79 Å². The average molecular weight is 344 g/mol. The Kier molecular flexibility index (Phi) is 4.59. The molecule has 3 aliphatic rings. The van der Waals surface area contributed by atoms with Gasteiger partial charge in [0.2, 0.25) is 5.91 Å². The standard InChI is InChI=1S/C20H28N2O3/c21-16-5-3-4-14(12-16)19(23)22-20(8-1-2-9-20)15-6-7-17-18(13-15)25-11-10-24-17/h6-7,13-14,16H,1-5,8-12,21H2,(H,22,23). The molecule has 0 aromatic heterocycles. The molecule has 1 aliphatic heterocycles. The fourth-order valence-corrected chi connectivity index (χ4v) is 4.61. The summed E-state index contributed by atoms with van der Waals surface area (Å²) in [5.74, 6) is 1.82. The topological polar surface area (TPSA) is 73.6 Å². The number of hydrogen-bond donors (Lipinski definition) is 2. The Bertz CT molecular complexity index is 640. The maximum Gasteiger partial charge on any atom is 0.223 e. The Balaban J connectivity index is 1.56. The van der Waals surface area contributed by atoms with E-state index in [-0.39, 0.29) is 23.4 Å². The molecule has 1 aromatic carbocycles. The average Bonchev–Trinajstić information content (AvgIpc) is 3.11. The number of fused-ring (bicyclic) bond motifs is 1. The van der Waals surface area contributed by atoms with Gasteiger partial charge in [0.25, 0.3) is 0 Å². The number of carbonyl (C=O) groups excluding carboxylic acids is 1. The maximum absolute atomic E-state index is 12.9. The third kappa shape index (κ3) is 3.34. The number of carbonyl (C=O) groups is 1. The summed E-state index contributed by atoms with van der Waals surface area (Å²) in [6, 6.07) is 6.30. The fourth-order valence-electron chi connectivity index (χ4n) is 4.61. The van der Waals surface area contributed by atoms with Crippen LogP contribution in [0.15, 0.2) is 18.2 Å². The van der Waals surface area contributed by atoms with E-state index in [0.717, 1.165) is 68.4 Å². The summed E-state index contributed by atoms with van der Waals surface area (Å²) in [5.41, 5.74) is 6.95. The first-order valence-corrected chi connectivity index (χ1v) is 9.64. The van der Waals surface area contributed by atoms with Crippen molar-refractivity contribution in [3.63, 3.8) is 0 Å². The summed E-state index contributed by atoms with van der Waals surface area (Å²) in [4.78, 5) is 12.9. The van der Waals surface area contributed by atoms with Crippen molar-refractivity contribution in [2.45, 2.75) is 62.9 Å². The van der Waals surface area contributed by atoms with Gasteiger partial charge < -0.3 is 20.5 Å². The van der Waals surface area contributed by atoms with Crippen molar-refractivity contribution in [2.24, 2.45) is 11.7 Å². The van der Waals surface area contributed by atoms with E-state index in [0.29, 0.717) is 13.2 Å². The van der Waals surface area contributed by atoms with Crippen LogP contribution in [0.3, 0.4) is 0 Å². The van der Waals surface area contributed by atoms with Crippen molar-refractivity contribution in [3.8, 4) is 11.5 Å². The molecule has 5 heteroatoms. The first-order valence-electron chi connectivity index (χ1n) is 9.64. The van der Waals surface area contributed by atoms with Crippen molar-refractivity contribution in [3.05, 3.63) is 23.8 Å². The molecule has 1 heterocycles. The summed E-state index contributed by atoms with van der Waals surface area (Å²) in [6.45, 7) is 1.17. The third-order valence-electron chi connectivity index (χ3n) is 6.00. The normalized spacial score (nSPS) is 27.7. The predicted octanol–water partition coefficient (Wildman–Crippen LogP) is 2.86. The van der Waals surface area contributed by atoms with Gasteiger partial charge >= 0.3 is 0 Å². The van der Waals surface area contributed by atoms with E-state index in [1.54, 1.807) is 0 Å². The monoisotopic (exact) mass is 344 g/mol. The molecule has 3 N–H and O–H groups in total. The first-order chi connectivity index (χ1) is 12.2. The third-order valence-corrected chi connectivity index (χ3v) is 6.00. The van der Waals surface area contributed by atoms with Gasteiger partial charge in [-0.05, 0) is 49.8 Å². The summed E-state index contributed by atoms with van der Waals surface area (Å²) in [6.07, 6.45) is 8.10. The number of benzene rings is 1. The number of ether oxygens (including phenoxy) is 2. The van der Waals surface area contributed by atoms with Gasteiger partial charge in [-0.25, -0.2) is 0 Å². The molecular formula is C20H28N2O3. The lowest BCUT2D eigenvalue weighted by atomic mass is 9.83. The van der Waals surface area contributed by atoms with E-state index in [2.05, 4.69) is 17.4 Å². The Hall–Kier alpha value is -1.75. The maximum atomic E-state index is 12.9. The van der Waals surface area contributed by atoms with Gasteiger partial charge in [0.15, 0.2) is 11.5 Å². The second-order valence-corrected chi connectivity index (χ2v) is 7.76. The Morgan fingerprint density at radius 2 is 1.84 bits per heavy atom. The number of hydrogen-bond acceptors (Lipinski definition) is 4. The fraction of sp³-hybridized carbons (Fsp3) is 0.650. The molecule has 0 spiro atoms. The molecule has 2 unspecified atom stereocenters. The molecule has 2 aliphatic carbocycles. The lowest BCUT2D eigenvalue weighted by Gasteiger charge is -2.35. The van der Waals surface area contributed by atoms with Crippen molar-refractivity contribution < 1.29 is 14.3 Å². The Morgan fingerprint density at radius 1 is 1.08 bits per heavy atom. The molecule has 2 saturated carbocycles. The second kappa shape index (κ2) is 6.87. The highest BCUT2D eigenvalue weighted by Crippen LogP contribution is 2.43. The van der Waals surface area contributed by atoms with Gasteiger partial charge in [0, 0.05) is 12.0 Å². The van der Waals surface area contributed by atoms with Crippen LogP contribution in [0.25, 0.3) is 0 Å². The zero-order valence-corrected chi connectivity index (χ0v) is 14.8. The smallest absolute Gasteiger partial charge is 0.223 e. The van der Waals surface area contributed by atoms with Gasteiger partial charge in [0.05, 0.1) is 5.54 Å². The van der Waals surface area contributed by atoms with Gasteiger partial charge in [-0.2, -0.15) is 0 Å². The van der Waals surface area contributed by atoms with Crippen LogP contribution in [0.4, 0.5) is 0 Å². The molecule has 2 fully saturated rings. The van der Waals surface area contributed by atoms with Crippen LogP contribution in [-0.2, 0) is 10.3 Å². The molecular weight excluding hydrogens is 316 g/mol. The Morgan fingerprint density at radius 3 is 2.60 bits per heavy atom. The lowest BCUT2D eigenvalue weighted by Crippen LogP contribution is -2.48. The van der Waals surface area contributed by atoms with Crippen LogP contribution in [0, 0.1) is 5.92 Å². The number of rotatable bonds is 3. The second-order valence-electron chi connectivity index (χ2n) is 7.76. The molecule has 5 nitrogen and oxygen atoms in total. The molecule has 136 valence electrons. The number of nitrogens with one attached hydrogen (secondary N) is 1. The van der Waals surface area contributed by atoms with E-state index >= 15 is 0 Å². The minimum absolute atomic E-state index is 0.0541. The SMILES string of the molecule is NC1CCCC(C(=O)NC2(c3ccc4c(c3)OCCO4)CCCC2)C1.